The molecule has 0 amide bonds. The Kier molecular flexibility index (Phi) is 4.51. The zero-order valence-electron chi connectivity index (χ0n) is 11.8. The summed E-state index contributed by atoms with van der Waals surface area (Å²) in [6, 6.07) is 5.26. The summed E-state index contributed by atoms with van der Waals surface area (Å²) in [5, 5.41) is 3.56. The molecule has 1 aromatic rings. The number of nitrogens with zero attached hydrogens (tertiary/aromatic N) is 1. The maximum atomic E-state index is 13.2. The van der Waals surface area contributed by atoms with Crippen molar-refractivity contribution in [3.8, 4) is 0 Å². The average molecular weight is 329 g/mol. The van der Waals surface area contributed by atoms with Crippen molar-refractivity contribution in [2.45, 2.75) is 32.7 Å². The first-order valence-corrected chi connectivity index (χ1v) is 7.59. The van der Waals surface area contributed by atoms with Crippen LogP contribution in [0.2, 0.25) is 0 Å². The quantitative estimate of drug-likeness (QED) is 0.907. The molecule has 2 nitrogen and oxygen atoms in total. The second-order valence-corrected chi connectivity index (χ2v) is 7.18. The largest absolute Gasteiger partial charge is 0.371 e. The Morgan fingerprint density at radius 2 is 2.16 bits per heavy atom. The molecule has 0 aliphatic carbocycles. The van der Waals surface area contributed by atoms with Gasteiger partial charge in [-0.2, -0.15) is 0 Å². The summed E-state index contributed by atoms with van der Waals surface area (Å²) in [4.78, 5) is 2.33. The lowest BCUT2D eigenvalue weighted by Crippen LogP contribution is -2.39. The predicted octanol–water partition coefficient (Wildman–Crippen LogP) is 3.80. The smallest absolute Gasteiger partial charge is 0.137 e. The molecule has 1 N–H and O–H groups in total. The fourth-order valence-corrected chi connectivity index (χ4v) is 2.73. The van der Waals surface area contributed by atoms with Gasteiger partial charge in [-0.1, -0.05) is 0 Å². The normalized spacial score (nSPS) is 20.1. The molecule has 106 valence electrons. The Hall–Kier alpha value is -0.610. The summed E-state index contributed by atoms with van der Waals surface area (Å²) in [6.07, 6.45) is 1.19. The van der Waals surface area contributed by atoms with E-state index in [1.165, 1.54) is 12.5 Å². The SMILES string of the molecule is CC(C)(C)NCC1CCN(c2ccc(F)c(Br)c2)C1. The van der Waals surface area contributed by atoms with Crippen LogP contribution in [0.4, 0.5) is 10.1 Å². The lowest BCUT2D eigenvalue weighted by atomic mass is 10.1. The predicted molar refractivity (Wildman–Crippen MR) is 82.2 cm³/mol. The molecular weight excluding hydrogens is 307 g/mol. The third-order valence-corrected chi connectivity index (χ3v) is 4.08. The summed E-state index contributed by atoms with van der Waals surface area (Å²) in [5.41, 5.74) is 1.28. The van der Waals surface area contributed by atoms with Crippen LogP contribution in [-0.2, 0) is 0 Å². The average Bonchev–Trinajstić information content (AvgIpc) is 2.78. The van der Waals surface area contributed by atoms with Crippen LogP contribution in [0.1, 0.15) is 27.2 Å². The maximum Gasteiger partial charge on any atom is 0.137 e. The molecule has 1 aliphatic heterocycles. The molecule has 1 saturated heterocycles. The van der Waals surface area contributed by atoms with Crippen LogP contribution in [0.5, 0.6) is 0 Å². The van der Waals surface area contributed by atoms with E-state index in [0.29, 0.717) is 10.4 Å². The molecule has 1 aliphatic rings. The fourth-order valence-electron chi connectivity index (χ4n) is 2.37. The summed E-state index contributed by atoms with van der Waals surface area (Å²) in [6.45, 7) is 9.71. The van der Waals surface area contributed by atoms with Gasteiger partial charge in [0, 0.05) is 30.9 Å². The van der Waals surface area contributed by atoms with Gasteiger partial charge in [0.1, 0.15) is 5.82 Å². The minimum absolute atomic E-state index is 0.173. The van der Waals surface area contributed by atoms with Gasteiger partial charge in [-0.3, -0.25) is 0 Å². The lowest BCUT2D eigenvalue weighted by molar-refractivity contribution is 0.383. The molecule has 1 heterocycles. The minimum atomic E-state index is -0.200. The highest BCUT2D eigenvalue weighted by atomic mass is 79.9. The monoisotopic (exact) mass is 328 g/mol. The second-order valence-electron chi connectivity index (χ2n) is 6.33. The molecule has 1 atom stereocenters. The highest BCUT2D eigenvalue weighted by molar-refractivity contribution is 9.10. The zero-order chi connectivity index (χ0) is 14.0. The molecule has 0 spiro atoms. The highest BCUT2D eigenvalue weighted by Crippen LogP contribution is 2.27. The van der Waals surface area contributed by atoms with Crippen LogP contribution in [0, 0.1) is 11.7 Å². The Bertz CT molecular complexity index is 442. The van der Waals surface area contributed by atoms with Gasteiger partial charge in [0.15, 0.2) is 0 Å². The third-order valence-electron chi connectivity index (χ3n) is 3.48. The molecular formula is C15H22BrFN2. The molecule has 4 heteroatoms. The van der Waals surface area contributed by atoms with Crippen molar-refractivity contribution in [3.05, 3.63) is 28.5 Å². The van der Waals surface area contributed by atoms with E-state index in [1.54, 1.807) is 0 Å². The van der Waals surface area contributed by atoms with Gasteiger partial charge < -0.3 is 10.2 Å². The van der Waals surface area contributed by atoms with Gasteiger partial charge in [0.2, 0.25) is 0 Å². The first-order valence-electron chi connectivity index (χ1n) is 6.80. The van der Waals surface area contributed by atoms with E-state index < -0.39 is 0 Å². The third kappa shape index (κ3) is 4.18. The standard InChI is InChI=1S/C15H22BrFN2/c1-15(2,3)18-9-11-6-7-19(10-11)12-4-5-14(17)13(16)8-12/h4-5,8,11,18H,6-7,9-10H2,1-3H3. The van der Waals surface area contributed by atoms with Gasteiger partial charge in [-0.25, -0.2) is 4.39 Å². The van der Waals surface area contributed by atoms with Gasteiger partial charge in [-0.15, -0.1) is 0 Å². The maximum absolute atomic E-state index is 13.2. The molecule has 0 bridgehead atoms. The minimum Gasteiger partial charge on any atom is -0.371 e. The molecule has 0 saturated carbocycles. The first kappa shape index (κ1) is 14.8. The summed E-state index contributed by atoms with van der Waals surface area (Å²) in [5.74, 6) is 0.469. The molecule has 0 radical (unpaired) electrons. The number of hydrogen-bond donors (Lipinski definition) is 1. The van der Waals surface area contributed by atoms with Crippen LogP contribution in [0.3, 0.4) is 0 Å². The van der Waals surface area contributed by atoms with E-state index in [0.717, 1.165) is 25.3 Å². The van der Waals surface area contributed by atoms with Crippen LogP contribution >= 0.6 is 15.9 Å². The van der Waals surface area contributed by atoms with Gasteiger partial charge in [-0.05, 0) is 67.2 Å². The Morgan fingerprint density at radius 3 is 2.79 bits per heavy atom. The van der Waals surface area contributed by atoms with Gasteiger partial charge in [0.25, 0.3) is 0 Å². The van der Waals surface area contributed by atoms with Crippen molar-refractivity contribution in [2.24, 2.45) is 5.92 Å². The Labute approximate surface area is 123 Å². The molecule has 0 aromatic heterocycles. The summed E-state index contributed by atoms with van der Waals surface area (Å²) < 4.78 is 13.8. The van der Waals surface area contributed by atoms with Crippen molar-refractivity contribution in [1.29, 1.82) is 0 Å². The van der Waals surface area contributed by atoms with E-state index in [1.807, 2.05) is 12.1 Å². The molecule has 1 fully saturated rings. The number of halogens is 2. The number of rotatable bonds is 3. The Balaban J connectivity index is 1.92. The van der Waals surface area contributed by atoms with E-state index in [4.69, 9.17) is 0 Å². The van der Waals surface area contributed by atoms with Crippen LogP contribution in [0.15, 0.2) is 22.7 Å². The van der Waals surface area contributed by atoms with E-state index in [-0.39, 0.29) is 11.4 Å². The Morgan fingerprint density at radius 1 is 1.42 bits per heavy atom. The first-order chi connectivity index (χ1) is 8.85. The van der Waals surface area contributed by atoms with Crippen LogP contribution in [0.25, 0.3) is 0 Å². The zero-order valence-corrected chi connectivity index (χ0v) is 13.4. The summed E-state index contributed by atoms with van der Waals surface area (Å²) >= 11 is 3.25. The van der Waals surface area contributed by atoms with Crippen molar-refractivity contribution in [2.75, 3.05) is 24.5 Å². The number of benzene rings is 1. The highest BCUT2D eigenvalue weighted by Gasteiger charge is 2.24. The lowest BCUT2D eigenvalue weighted by Gasteiger charge is -2.24. The molecule has 19 heavy (non-hydrogen) atoms. The number of hydrogen-bond acceptors (Lipinski definition) is 2. The van der Waals surface area contributed by atoms with Gasteiger partial charge in [0.05, 0.1) is 4.47 Å². The van der Waals surface area contributed by atoms with Gasteiger partial charge >= 0.3 is 0 Å². The van der Waals surface area contributed by atoms with Crippen molar-refractivity contribution < 1.29 is 4.39 Å². The van der Waals surface area contributed by atoms with Crippen LogP contribution in [-0.4, -0.2) is 25.2 Å². The van der Waals surface area contributed by atoms with E-state index >= 15 is 0 Å². The molecule has 1 unspecified atom stereocenters. The van der Waals surface area contributed by atoms with E-state index in [2.05, 4.69) is 46.9 Å². The van der Waals surface area contributed by atoms with E-state index in [9.17, 15) is 4.39 Å². The van der Waals surface area contributed by atoms with Crippen molar-refractivity contribution in [1.82, 2.24) is 5.32 Å². The van der Waals surface area contributed by atoms with Crippen molar-refractivity contribution in [3.63, 3.8) is 0 Å². The fraction of sp³-hybridized carbons (Fsp3) is 0.600. The molecule has 2 rings (SSSR count). The van der Waals surface area contributed by atoms with Crippen LogP contribution < -0.4 is 10.2 Å². The van der Waals surface area contributed by atoms with Crippen molar-refractivity contribution >= 4 is 21.6 Å². The summed E-state index contributed by atoms with van der Waals surface area (Å²) in [7, 11) is 0. The topological polar surface area (TPSA) is 15.3 Å². The molecule has 1 aromatic carbocycles. The second kappa shape index (κ2) is 5.80. The number of nitrogens with one attached hydrogen (secondary N) is 1. The number of anilines is 1.